The van der Waals surface area contributed by atoms with E-state index in [1.54, 1.807) is 30.6 Å². The number of pyridine rings is 1. The van der Waals surface area contributed by atoms with Crippen LogP contribution in [-0.2, 0) is 0 Å². The molecule has 1 unspecified atom stereocenters. The average Bonchev–Trinajstić information content (AvgIpc) is 3.02. The number of alkyl halides is 3. The van der Waals surface area contributed by atoms with Gasteiger partial charge in [-0.25, -0.2) is 24.3 Å². The van der Waals surface area contributed by atoms with Crippen LogP contribution < -0.4 is 15.5 Å². The number of carbonyl (C=O) groups excluding carboxylic acids is 1. The van der Waals surface area contributed by atoms with Crippen molar-refractivity contribution in [2.45, 2.75) is 37.9 Å². The maximum atomic E-state index is 14.4. The van der Waals surface area contributed by atoms with Crippen LogP contribution in [0.4, 0.5) is 29.3 Å². The summed E-state index contributed by atoms with van der Waals surface area (Å²) in [4.78, 5) is 37.6. The minimum Gasteiger partial charge on any atom is -0.369 e. The minimum atomic E-state index is -4.19. The fraction of sp³-hybridized carbons (Fsp3) is 0.400. The van der Waals surface area contributed by atoms with Crippen LogP contribution in [0.3, 0.4) is 0 Å². The Labute approximate surface area is 252 Å². The molecule has 0 spiro atoms. The number of rotatable bonds is 9. The Bertz CT molecular complexity index is 1610. The van der Waals surface area contributed by atoms with Crippen LogP contribution in [0.1, 0.15) is 41.6 Å². The molecule has 1 aliphatic heterocycles. The molecule has 0 radical (unpaired) electrons. The van der Waals surface area contributed by atoms with Crippen molar-refractivity contribution in [1.82, 2.24) is 35.1 Å². The normalized spacial score (nSPS) is 15.2. The Morgan fingerprint density at radius 2 is 1.82 bits per heavy atom. The lowest BCUT2D eigenvalue weighted by Gasteiger charge is -2.36. The number of halogens is 4. The van der Waals surface area contributed by atoms with E-state index >= 15 is 0 Å². The van der Waals surface area contributed by atoms with Crippen LogP contribution in [-0.4, -0.2) is 88.2 Å². The molecule has 1 aliphatic rings. The second-order valence-corrected chi connectivity index (χ2v) is 10.9. The highest BCUT2D eigenvalue weighted by Crippen LogP contribution is 2.29. The molecule has 1 saturated heterocycles. The van der Waals surface area contributed by atoms with Crippen molar-refractivity contribution in [1.29, 1.82) is 0 Å². The summed E-state index contributed by atoms with van der Waals surface area (Å²) in [6, 6.07) is 7.20. The average molecular weight is 612 g/mol. The number of piperidine rings is 1. The van der Waals surface area contributed by atoms with Crippen LogP contribution in [0.25, 0.3) is 22.2 Å². The van der Waals surface area contributed by atoms with Gasteiger partial charge in [0.2, 0.25) is 5.95 Å². The molecule has 3 aromatic heterocycles. The number of hydrogen-bond acceptors (Lipinski definition) is 9. The Balaban J connectivity index is 1.23. The molecule has 4 aromatic rings. The highest BCUT2D eigenvalue weighted by Gasteiger charge is 2.33. The standard InChI is InChI=1S/C30H33F4N9O/c1-18(21-5-4-6-22-26(28(44)35-2)23(31)15-37-27(21)22)12-36-25-11-24(40-17-41-25)19-13-38-29(39-14-19)42(3)20-7-9-43(10-8-20)16-30(32,33)34/h4-6,11,13-15,17-18,20H,7-10,12,16H2,1-3H3,(H,35,44)(H,36,40,41). The van der Waals surface area contributed by atoms with E-state index in [0.29, 0.717) is 66.4 Å². The molecule has 1 aromatic carbocycles. The zero-order valence-electron chi connectivity index (χ0n) is 24.6. The zero-order chi connectivity index (χ0) is 31.4. The van der Waals surface area contributed by atoms with Gasteiger partial charge in [0.15, 0.2) is 5.82 Å². The van der Waals surface area contributed by atoms with Gasteiger partial charge in [-0.05, 0) is 18.4 Å². The number of fused-ring (bicyclic) bond motifs is 1. The summed E-state index contributed by atoms with van der Waals surface area (Å²) in [7, 11) is 3.31. The minimum absolute atomic E-state index is 0.0364. The fourth-order valence-electron chi connectivity index (χ4n) is 5.47. The lowest BCUT2D eigenvalue weighted by atomic mass is 9.96. The van der Waals surface area contributed by atoms with Gasteiger partial charge in [0.05, 0.1) is 29.5 Å². The number of carbonyl (C=O) groups is 1. The van der Waals surface area contributed by atoms with Crippen LogP contribution in [0.2, 0.25) is 0 Å². The number of anilines is 2. The van der Waals surface area contributed by atoms with E-state index in [2.05, 4.69) is 35.6 Å². The van der Waals surface area contributed by atoms with Crippen LogP contribution >= 0.6 is 0 Å². The molecule has 0 saturated carbocycles. The summed E-state index contributed by atoms with van der Waals surface area (Å²) < 4.78 is 52.6. The molecule has 1 amide bonds. The Morgan fingerprint density at radius 1 is 1.09 bits per heavy atom. The number of benzene rings is 1. The van der Waals surface area contributed by atoms with Gasteiger partial charge >= 0.3 is 6.18 Å². The lowest BCUT2D eigenvalue weighted by Crippen LogP contribution is -2.46. The molecule has 1 fully saturated rings. The first kappa shape index (κ1) is 31.0. The van der Waals surface area contributed by atoms with Crippen molar-refractivity contribution in [3.63, 3.8) is 0 Å². The van der Waals surface area contributed by atoms with Crippen LogP contribution in [0.5, 0.6) is 0 Å². The van der Waals surface area contributed by atoms with Gasteiger partial charge in [0.1, 0.15) is 12.1 Å². The quantitative estimate of drug-likeness (QED) is 0.261. The Morgan fingerprint density at radius 3 is 2.50 bits per heavy atom. The lowest BCUT2D eigenvalue weighted by molar-refractivity contribution is -0.147. The van der Waals surface area contributed by atoms with Gasteiger partial charge in [-0.1, -0.05) is 25.1 Å². The van der Waals surface area contributed by atoms with Crippen molar-refractivity contribution < 1.29 is 22.4 Å². The number of amides is 1. The van der Waals surface area contributed by atoms with Crippen LogP contribution in [0.15, 0.2) is 49.2 Å². The second-order valence-electron chi connectivity index (χ2n) is 10.9. The third-order valence-electron chi connectivity index (χ3n) is 7.88. The first-order chi connectivity index (χ1) is 21.0. The molecule has 232 valence electrons. The molecule has 10 nitrogen and oxygen atoms in total. The summed E-state index contributed by atoms with van der Waals surface area (Å²) in [5, 5.41) is 6.24. The molecule has 0 bridgehead atoms. The molecular formula is C30H33F4N9O. The number of likely N-dealkylation sites (tertiary alicyclic amines) is 1. The van der Waals surface area contributed by atoms with Crippen molar-refractivity contribution in [3.8, 4) is 11.3 Å². The van der Waals surface area contributed by atoms with Gasteiger partial charge in [-0.2, -0.15) is 13.2 Å². The number of aromatic nitrogens is 5. The third-order valence-corrected chi connectivity index (χ3v) is 7.88. The van der Waals surface area contributed by atoms with Gasteiger partial charge in [-0.3, -0.25) is 14.7 Å². The highest BCUT2D eigenvalue weighted by molar-refractivity contribution is 6.06. The number of hydrogen-bond donors (Lipinski definition) is 2. The van der Waals surface area contributed by atoms with E-state index in [1.807, 2.05) is 24.9 Å². The summed E-state index contributed by atoms with van der Waals surface area (Å²) in [5.41, 5.74) is 2.67. The molecular weight excluding hydrogens is 578 g/mol. The van der Waals surface area contributed by atoms with E-state index in [1.165, 1.54) is 18.3 Å². The number of para-hydroxylation sites is 1. The predicted molar refractivity (Wildman–Crippen MR) is 159 cm³/mol. The van der Waals surface area contributed by atoms with Crippen molar-refractivity contribution in [3.05, 3.63) is 66.1 Å². The fourth-order valence-corrected chi connectivity index (χ4v) is 5.47. The topological polar surface area (TPSA) is 112 Å². The molecule has 44 heavy (non-hydrogen) atoms. The molecule has 2 N–H and O–H groups in total. The first-order valence-electron chi connectivity index (χ1n) is 14.2. The summed E-state index contributed by atoms with van der Waals surface area (Å²) in [6.07, 6.45) is 2.83. The Hall–Kier alpha value is -4.46. The van der Waals surface area contributed by atoms with Crippen molar-refractivity contribution >= 4 is 28.6 Å². The van der Waals surface area contributed by atoms with E-state index in [-0.39, 0.29) is 17.5 Å². The van der Waals surface area contributed by atoms with Gasteiger partial charge in [-0.15, -0.1) is 0 Å². The summed E-state index contributed by atoms with van der Waals surface area (Å²) in [6.45, 7) is 2.33. The molecule has 0 aliphatic carbocycles. The summed E-state index contributed by atoms with van der Waals surface area (Å²) >= 11 is 0. The van der Waals surface area contributed by atoms with Crippen molar-refractivity contribution in [2.24, 2.45) is 0 Å². The smallest absolute Gasteiger partial charge is 0.369 e. The number of nitrogens with one attached hydrogen (secondary N) is 2. The monoisotopic (exact) mass is 611 g/mol. The highest BCUT2D eigenvalue weighted by atomic mass is 19.4. The molecule has 4 heterocycles. The SMILES string of the molecule is CNC(=O)c1c(F)cnc2c(C(C)CNc3cc(-c4cnc(N(C)C5CCN(CC(F)(F)F)CC5)nc4)ncn3)cccc12. The van der Waals surface area contributed by atoms with E-state index in [9.17, 15) is 22.4 Å². The largest absolute Gasteiger partial charge is 0.401 e. The second kappa shape index (κ2) is 13.0. The molecule has 5 rings (SSSR count). The van der Waals surface area contributed by atoms with E-state index in [4.69, 9.17) is 0 Å². The Kier molecular flexibility index (Phi) is 9.18. The maximum Gasteiger partial charge on any atom is 0.401 e. The van der Waals surface area contributed by atoms with E-state index in [0.717, 1.165) is 11.8 Å². The molecule has 14 heteroatoms. The molecule has 1 atom stereocenters. The predicted octanol–water partition coefficient (Wildman–Crippen LogP) is 4.66. The summed E-state index contributed by atoms with van der Waals surface area (Å²) in [5.74, 6) is -0.181. The van der Waals surface area contributed by atoms with Gasteiger partial charge in [0.25, 0.3) is 5.91 Å². The maximum absolute atomic E-state index is 14.4. The first-order valence-corrected chi connectivity index (χ1v) is 14.2. The van der Waals surface area contributed by atoms with Gasteiger partial charge < -0.3 is 15.5 Å². The van der Waals surface area contributed by atoms with Crippen LogP contribution in [0, 0.1) is 5.82 Å². The van der Waals surface area contributed by atoms with E-state index < -0.39 is 24.4 Å². The number of nitrogens with zero attached hydrogens (tertiary/aromatic N) is 7. The van der Waals surface area contributed by atoms with Crippen molar-refractivity contribution in [2.75, 3.05) is 50.5 Å². The zero-order valence-corrected chi connectivity index (χ0v) is 24.6. The van der Waals surface area contributed by atoms with Gasteiger partial charge in [0, 0.05) is 75.1 Å². The third kappa shape index (κ3) is 7.01.